The molecule has 0 saturated carbocycles. The molecule has 1 heterocycles. The minimum absolute atomic E-state index is 0.0442. The van der Waals surface area contributed by atoms with E-state index in [4.69, 9.17) is 16.3 Å². The van der Waals surface area contributed by atoms with Crippen molar-refractivity contribution in [3.05, 3.63) is 92.6 Å². The van der Waals surface area contributed by atoms with Crippen LogP contribution in [0, 0.1) is 12.7 Å². The van der Waals surface area contributed by atoms with Crippen molar-refractivity contribution in [2.45, 2.75) is 13.5 Å². The van der Waals surface area contributed by atoms with Crippen LogP contribution in [0.5, 0.6) is 5.75 Å². The lowest BCUT2D eigenvalue weighted by atomic mass is 10.2. The maximum atomic E-state index is 14.1. The van der Waals surface area contributed by atoms with Gasteiger partial charge in [0.05, 0.1) is 13.7 Å². The number of ether oxygens (including phenoxy) is 1. The van der Waals surface area contributed by atoms with Crippen molar-refractivity contribution < 1.29 is 13.9 Å². The average molecular weight is 401 g/mol. The molecule has 2 aromatic carbocycles. The van der Waals surface area contributed by atoms with Crippen molar-refractivity contribution in [2.24, 2.45) is 0 Å². The Bertz CT molecular complexity index is 1060. The fraction of sp³-hybridized carbons (Fsp3) is 0.143. The number of pyridine rings is 1. The van der Waals surface area contributed by atoms with Gasteiger partial charge in [0.1, 0.15) is 17.3 Å². The highest BCUT2D eigenvalue weighted by atomic mass is 35.5. The lowest BCUT2D eigenvalue weighted by molar-refractivity contribution is 0.102. The number of halogens is 2. The maximum Gasteiger partial charge on any atom is 0.274 e. The highest BCUT2D eigenvalue weighted by Crippen LogP contribution is 2.20. The molecule has 0 atom stereocenters. The van der Waals surface area contributed by atoms with Crippen LogP contribution in [0.1, 0.15) is 21.5 Å². The van der Waals surface area contributed by atoms with E-state index in [1.807, 2.05) is 0 Å². The minimum atomic E-state index is -0.496. The number of aromatic nitrogens is 1. The Kier molecular flexibility index (Phi) is 5.80. The Morgan fingerprint density at radius 2 is 1.93 bits per heavy atom. The van der Waals surface area contributed by atoms with E-state index in [2.05, 4.69) is 5.32 Å². The van der Waals surface area contributed by atoms with Crippen molar-refractivity contribution in [2.75, 3.05) is 12.4 Å². The summed E-state index contributed by atoms with van der Waals surface area (Å²) in [5, 5.41) is 2.85. The van der Waals surface area contributed by atoms with Gasteiger partial charge in [0.2, 0.25) is 0 Å². The fourth-order valence-electron chi connectivity index (χ4n) is 2.78. The van der Waals surface area contributed by atoms with E-state index in [0.717, 1.165) is 5.56 Å². The lowest BCUT2D eigenvalue weighted by Gasteiger charge is -2.13. The second-order valence-electron chi connectivity index (χ2n) is 6.25. The Labute approximate surface area is 166 Å². The van der Waals surface area contributed by atoms with Crippen molar-refractivity contribution in [1.29, 1.82) is 0 Å². The van der Waals surface area contributed by atoms with Gasteiger partial charge in [-0.1, -0.05) is 17.7 Å². The van der Waals surface area contributed by atoms with Gasteiger partial charge < -0.3 is 14.6 Å². The number of benzene rings is 2. The second kappa shape index (κ2) is 8.27. The Morgan fingerprint density at radius 1 is 1.21 bits per heavy atom. The van der Waals surface area contributed by atoms with Crippen LogP contribution >= 0.6 is 11.6 Å². The van der Waals surface area contributed by atoms with Gasteiger partial charge in [-0.3, -0.25) is 9.59 Å². The molecule has 0 saturated heterocycles. The summed E-state index contributed by atoms with van der Waals surface area (Å²) in [6.07, 6.45) is 1.59. The zero-order valence-corrected chi connectivity index (χ0v) is 16.1. The largest absolute Gasteiger partial charge is 0.497 e. The summed E-state index contributed by atoms with van der Waals surface area (Å²) in [5.41, 5.74) is 0.979. The van der Waals surface area contributed by atoms with Crippen molar-refractivity contribution in [1.82, 2.24) is 4.57 Å². The van der Waals surface area contributed by atoms with Crippen LogP contribution in [0.4, 0.5) is 10.1 Å². The summed E-state index contributed by atoms with van der Waals surface area (Å²) in [5.74, 6) is -0.304. The molecular formula is C21H18ClFN2O3. The molecule has 0 bridgehead atoms. The molecule has 0 unspecified atom stereocenters. The summed E-state index contributed by atoms with van der Waals surface area (Å²) < 4.78 is 20.5. The van der Waals surface area contributed by atoms with Gasteiger partial charge in [-0.15, -0.1) is 0 Å². The second-order valence-corrected chi connectivity index (χ2v) is 6.65. The molecule has 7 heteroatoms. The van der Waals surface area contributed by atoms with E-state index in [1.165, 1.54) is 23.8 Å². The van der Waals surface area contributed by atoms with Crippen molar-refractivity contribution >= 4 is 23.2 Å². The molecule has 1 amide bonds. The molecule has 0 aliphatic heterocycles. The third-order valence-corrected chi connectivity index (χ3v) is 4.57. The molecule has 0 fully saturated rings. The SMILES string of the molecule is COc1ccc(C(=O)Nc2cc(C)cn(Cc3c(F)cccc3Cl)c2=O)cc1. The quantitative estimate of drug-likeness (QED) is 0.696. The zero-order valence-electron chi connectivity index (χ0n) is 15.3. The molecular weight excluding hydrogens is 383 g/mol. The number of carbonyl (C=O) groups is 1. The van der Waals surface area contributed by atoms with Crippen LogP contribution in [0.25, 0.3) is 0 Å². The highest BCUT2D eigenvalue weighted by molar-refractivity contribution is 6.31. The minimum Gasteiger partial charge on any atom is -0.497 e. The topological polar surface area (TPSA) is 60.3 Å². The number of nitrogens with one attached hydrogen (secondary N) is 1. The number of hydrogen-bond acceptors (Lipinski definition) is 3. The molecule has 144 valence electrons. The molecule has 28 heavy (non-hydrogen) atoms. The predicted octanol–water partition coefficient (Wildman–Crippen LogP) is 4.26. The van der Waals surface area contributed by atoms with Crippen LogP contribution in [0.15, 0.2) is 59.5 Å². The van der Waals surface area contributed by atoms with Crippen LogP contribution in [-0.4, -0.2) is 17.6 Å². The van der Waals surface area contributed by atoms with Crippen molar-refractivity contribution in [3.8, 4) is 5.75 Å². The predicted molar refractivity (Wildman–Crippen MR) is 107 cm³/mol. The van der Waals surface area contributed by atoms with E-state index in [9.17, 15) is 14.0 Å². The van der Waals surface area contributed by atoms with Crippen LogP contribution in [0.3, 0.4) is 0 Å². The number of hydrogen-bond donors (Lipinski definition) is 1. The van der Waals surface area contributed by atoms with Gasteiger partial charge in [-0.25, -0.2) is 4.39 Å². The average Bonchev–Trinajstić information content (AvgIpc) is 2.68. The Morgan fingerprint density at radius 3 is 2.57 bits per heavy atom. The van der Waals surface area contributed by atoms with Gasteiger partial charge in [0.15, 0.2) is 0 Å². The normalized spacial score (nSPS) is 10.6. The molecule has 5 nitrogen and oxygen atoms in total. The first-order valence-electron chi connectivity index (χ1n) is 8.48. The van der Waals surface area contributed by atoms with Gasteiger partial charge in [0.25, 0.3) is 11.5 Å². The number of nitrogens with zero attached hydrogens (tertiary/aromatic N) is 1. The molecule has 0 spiro atoms. The van der Waals surface area contributed by atoms with E-state index in [1.54, 1.807) is 49.5 Å². The number of methoxy groups -OCH3 is 1. The molecule has 3 rings (SSSR count). The smallest absolute Gasteiger partial charge is 0.274 e. The Hall–Kier alpha value is -3.12. The van der Waals surface area contributed by atoms with Gasteiger partial charge in [0, 0.05) is 22.3 Å². The Balaban J connectivity index is 1.90. The highest BCUT2D eigenvalue weighted by Gasteiger charge is 2.14. The van der Waals surface area contributed by atoms with Gasteiger partial charge in [-0.05, 0) is 55.0 Å². The summed E-state index contributed by atoms with van der Waals surface area (Å²) in [4.78, 5) is 25.3. The van der Waals surface area contributed by atoms with Gasteiger partial charge in [-0.2, -0.15) is 0 Å². The maximum absolute atomic E-state index is 14.1. The van der Waals surface area contributed by atoms with Gasteiger partial charge >= 0.3 is 0 Å². The molecule has 0 aliphatic carbocycles. The first kappa shape index (κ1) is 19.6. The standard InChI is InChI=1S/C21H18ClFN2O3/c1-13-10-19(24-20(26)14-6-8-15(28-2)9-7-14)21(27)25(11-13)12-16-17(22)4-3-5-18(16)23/h3-11H,12H2,1-2H3,(H,24,26). The molecule has 1 N–H and O–H groups in total. The molecule has 0 radical (unpaired) electrons. The number of aryl methyl sites for hydroxylation is 1. The van der Waals surface area contributed by atoms with E-state index in [-0.39, 0.29) is 22.8 Å². The number of rotatable bonds is 5. The third kappa shape index (κ3) is 4.23. The van der Waals surface area contributed by atoms with Crippen LogP contribution in [-0.2, 0) is 6.54 Å². The third-order valence-electron chi connectivity index (χ3n) is 4.21. The first-order chi connectivity index (χ1) is 13.4. The summed E-state index contributed by atoms with van der Waals surface area (Å²) in [7, 11) is 1.53. The summed E-state index contributed by atoms with van der Waals surface area (Å²) >= 11 is 6.07. The summed E-state index contributed by atoms with van der Waals surface area (Å²) in [6, 6.07) is 12.4. The fourth-order valence-corrected chi connectivity index (χ4v) is 3.01. The molecule has 3 aromatic rings. The van der Waals surface area contributed by atoms with Crippen molar-refractivity contribution in [3.63, 3.8) is 0 Å². The zero-order chi connectivity index (χ0) is 20.3. The van der Waals surface area contributed by atoms with Crippen LogP contribution < -0.4 is 15.6 Å². The van der Waals surface area contributed by atoms with E-state index in [0.29, 0.717) is 11.3 Å². The van der Waals surface area contributed by atoms with E-state index >= 15 is 0 Å². The lowest BCUT2D eigenvalue weighted by Crippen LogP contribution is -2.26. The molecule has 1 aromatic heterocycles. The molecule has 0 aliphatic rings. The number of carbonyl (C=O) groups excluding carboxylic acids is 1. The summed E-state index contributed by atoms with van der Waals surface area (Å²) in [6.45, 7) is 1.74. The van der Waals surface area contributed by atoms with Crippen LogP contribution in [0.2, 0.25) is 5.02 Å². The number of amides is 1. The number of anilines is 1. The van der Waals surface area contributed by atoms with E-state index < -0.39 is 17.3 Å². The monoisotopic (exact) mass is 400 g/mol. The first-order valence-corrected chi connectivity index (χ1v) is 8.86.